The summed E-state index contributed by atoms with van der Waals surface area (Å²) in [5.74, 6) is 2.16. The average Bonchev–Trinajstić information content (AvgIpc) is 3.07. The van der Waals surface area contributed by atoms with Crippen LogP contribution in [0, 0.1) is 0 Å². The molecule has 1 aliphatic heterocycles. The highest BCUT2D eigenvalue weighted by atomic mass is 32.2. The molecule has 114 valence electrons. The molecule has 1 fully saturated rings. The van der Waals surface area contributed by atoms with Gasteiger partial charge in [-0.2, -0.15) is 16.9 Å². The van der Waals surface area contributed by atoms with Crippen molar-refractivity contribution in [3.05, 3.63) is 11.9 Å². The van der Waals surface area contributed by atoms with Gasteiger partial charge in [0.1, 0.15) is 0 Å². The van der Waals surface area contributed by atoms with Gasteiger partial charge in [0.25, 0.3) is 0 Å². The van der Waals surface area contributed by atoms with Crippen LogP contribution in [0.3, 0.4) is 0 Å². The van der Waals surface area contributed by atoms with Crippen LogP contribution in [0.15, 0.2) is 6.20 Å². The molecule has 20 heavy (non-hydrogen) atoms. The van der Waals surface area contributed by atoms with Gasteiger partial charge < -0.3 is 15.0 Å². The number of nitrogens with zero attached hydrogens (tertiary/aromatic N) is 3. The Morgan fingerprint density at radius 1 is 1.60 bits per heavy atom. The second kappa shape index (κ2) is 7.33. The quantitative estimate of drug-likeness (QED) is 0.828. The summed E-state index contributed by atoms with van der Waals surface area (Å²) in [7, 11) is 7.93. The molecule has 1 aromatic rings. The van der Waals surface area contributed by atoms with Gasteiger partial charge in [0.2, 0.25) is 0 Å². The van der Waals surface area contributed by atoms with Crippen LogP contribution in [-0.4, -0.2) is 60.5 Å². The smallest absolute Gasteiger partial charge is 0.161 e. The predicted molar refractivity (Wildman–Crippen MR) is 84.6 cm³/mol. The third-order valence-electron chi connectivity index (χ3n) is 3.77. The molecule has 1 aliphatic rings. The van der Waals surface area contributed by atoms with E-state index in [1.54, 1.807) is 7.11 Å². The van der Waals surface area contributed by atoms with Crippen molar-refractivity contribution in [3.8, 4) is 5.75 Å². The standard InChI is InChI=1S/C14H26N4OS/c1-15-13(12-6-5-9-20-12)14-11(19-4)10-16-18(14)8-7-17(2)3/h10,12-13,15H,5-9H2,1-4H3. The largest absolute Gasteiger partial charge is 0.493 e. The Bertz CT molecular complexity index is 415. The van der Waals surface area contributed by atoms with Crippen molar-refractivity contribution in [1.29, 1.82) is 0 Å². The zero-order valence-electron chi connectivity index (χ0n) is 12.9. The van der Waals surface area contributed by atoms with Crippen LogP contribution in [0.2, 0.25) is 0 Å². The molecule has 1 saturated heterocycles. The highest BCUT2D eigenvalue weighted by molar-refractivity contribution is 8.00. The van der Waals surface area contributed by atoms with Gasteiger partial charge in [-0.25, -0.2) is 0 Å². The van der Waals surface area contributed by atoms with E-state index in [9.17, 15) is 0 Å². The molecule has 2 unspecified atom stereocenters. The normalized spacial score (nSPS) is 20.6. The lowest BCUT2D eigenvalue weighted by molar-refractivity contribution is 0.354. The van der Waals surface area contributed by atoms with Crippen LogP contribution >= 0.6 is 11.8 Å². The van der Waals surface area contributed by atoms with Crippen molar-refractivity contribution in [2.75, 3.05) is 40.6 Å². The molecule has 0 saturated carbocycles. The second-order valence-corrected chi connectivity index (χ2v) is 6.79. The molecule has 1 aromatic heterocycles. The highest BCUT2D eigenvalue weighted by Crippen LogP contribution is 2.38. The van der Waals surface area contributed by atoms with Crippen LogP contribution in [0.1, 0.15) is 24.6 Å². The summed E-state index contributed by atoms with van der Waals surface area (Å²) in [5, 5.41) is 8.60. The molecule has 2 heterocycles. The molecule has 1 N–H and O–H groups in total. The van der Waals surface area contributed by atoms with Crippen molar-refractivity contribution in [1.82, 2.24) is 20.0 Å². The topological polar surface area (TPSA) is 42.3 Å². The van der Waals surface area contributed by atoms with E-state index in [1.807, 2.05) is 13.2 Å². The van der Waals surface area contributed by atoms with Gasteiger partial charge in [-0.05, 0) is 39.7 Å². The lowest BCUT2D eigenvalue weighted by Gasteiger charge is -2.24. The van der Waals surface area contributed by atoms with E-state index in [0.29, 0.717) is 11.3 Å². The molecular weight excluding hydrogens is 272 g/mol. The van der Waals surface area contributed by atoms with E-state index in [0.717, 1.165) is 18.8 Å². The minimum absolute atomic E-state index is 0.308. The maximum Gasteiger partial charge on any atom is 0.161 e. The van der Waals surface area contributed by atoms with Crippen molar-refractivity contribution < 1.29 is 4.74 Å². The molecule has 0 aromatic carbocycles. The second-order valence-electron chi connectivity index (χ2n) is 5.44. The fourth-order valence-corrected chi connectivity index (χ4v) is 4.11. The molecule has 5 nitrogen and oxygen atoms in total. The number of thioether (sulfide) groups is 1. The van der Waals surface area contributed by atoms with Crippen LogP contribution in [0.25, 0.3) is 0 Å². The Balaban J connectivity index is 2.23. The van der Waals surface area contributed by atoms with E-state index in [2.05, 4.69) is 45.9 Å². The van der Waals surface area contributed by atoms with Gasteiger partial charge in [-0.15, -0.1) is 0 Å². The van der Waals surface area contributed by atoms with E-state index in [-0.39, 0.29) is 0 Å². The first-order chi connectivity index (χ1) is 9.67. The van der Waals surface area contributed by atoms with Crippen LogP contribution in [0.4, 0.5) is 0 Å². The van der Waals surface area contributed by atoms with Gasteiger partial charge in [0.15, 0.2) is 5.75 Å². The van der Waals surface area contributed by atoms with Gasteiger partial charge in [0.05, 0.1) is 31.6 Å². The number of ether oxygens (including phenoxy) is 1. The molecular formula is C14H26N4OS. The van der Waals surface area contributed by atoms with E-state index >= 15 is 0 Å². The van der Waals surface area contributed by atoms with Gasteiger partial charge >= 0.3 is 0 Å². The summed E-state index contributed by atoms with van der Waals surface area (Å²) in [4.78, 5) is 2.18. The summed E-state index contributed by atoms with van der Waals surface area (Å²) >= 11 is 2.06. The predicted octanol–water partition coefficient (Wildman–Crippen LogP) is 1.61. The first-order valence-electron chi connectivity index (χ1n) is 7.20. The zero-order chi connectivity index (χ0) is 14.5. The molecule has 0 aliphatic carbocycles. The number of nitrogens with one attached hydrogen (secondary N) is 1. The molecule has 0 bridgehead atoms. The third kappa shape index (κ3) is 3.48. The molecule has 0 amide bonds. The Labute approximate surface area is 126 Å². The molecule has 6 heteroatoms. The number of rotatable bonds is 7. The van der Waals surface area contributed by atoms with Crippen molar-refractivity contribution in [2.45, 2.75) is 30.7 Å². The van der Waals surface area contributed by atoms with Crippen LogP contribution in [-0.2, 0) is 6.54 Å². The maximum absolute atomic E-state index is 5.53. The minimum Gasteiger partial charge on any atom is -0.493 e. The van der Waals surface area contributed by atoms with Crippen molar-refractivity contribution >= 4 is 11.8 Å². The minimum atomic E-state index is 0.308. The van der Waals surface area contributed by atoms with Crippen molar-refractivity contribution in [2.24, 2.45) is 0 Å². The lowest BCUT2D eigenvalue weighted by atomic mass is 10.1. The van der Waals surface area contributed by atoms with Gasteiger partial charge in [0, 0.05) is 11.8 Å². The molecule has 2 atom stereocenters. The summed E-state index contributed by atoms with van der Waals surface area (Å²) in [6.45, 7) is 1.87. The number of aromatic nitrogens is 2. The van der Waals surface area contributed by atoms with Gasteiger partial charge in [-0.1, -0.05) is 0 Å². The lowest BCUT2D eigenvalue weighted by Crippen LogP contribution is -2.30. The van der Waals surface area contributed by atoms with Crippen molar-refractivity contribution in [3.63, 3.8) is 0 Å². The molecule has 0 radical (unpaired) electrons. The average molecular weight is 298 g/mol. The number of likely N-dealkylation sites (N-methyl/N-ethyl adjacent to an activating group) is 1. The summed E-state index contributed by atoms with van der Waals surface area (Å²) in [6.07, 6.45) is 4.41. The Hall–Kier alpha value is -0.720. The van der Waals surface area contributed by atoms with E-state index < -0.39 is 0 Å². The Kier molecular flexibility index (Phi) is 5.74. The third-order valence-corrected chi connectivity index (χ3v) is 5.23. The first-order valence-corrected chi connectivity index (χ1v) is 8.25. The Morgan fingerprint density at radius 2 is 2.40 bits per heavy atom. The molecule has 2 rings (SSSR count). The van der Waals surface area contributed by atoms with Gasteiger partial charge in [-0.3, -0.25) is 4.68 Å². The number of hydrogen-bond acceptors (Lipinski definition) is 5. The maximum atomic E-state index is 5.53. The fraction of sp³-hybridized carbons (Fsp3) is 0.786. The SMILES string of the molecule is CNC(c1c(OC)cnn1CCN(C)C)C1CCCS1. The summed E-state index contributed by atoms with van der Waals surface area (Å²) < 4.78 is 7.63. The number of methoxy groups -OCH3 is 1. The number of hydrogen-bond donors (Lipinski definition) is 1. The van der Waals surface area contributed by atoms with E-state index in [1.165, 1.54) is 24.3 Å². The first kappa shape index (κ1) is 15.7. The summed E-state index contributed by atoms with van der Waals surface area (Å²) in [5.41, 5.74) is 1.19. The molecule has 0 spiro atoms. The van der Waals surface area contributed by atoms with E-state index in [4.69, 9.17) is 4.74 Å². The monoisotopic (exact) mass is 298 g/mol. The fourth-order valence-electron chi connectivity index (χ4n) is 2.69. The summed E-state index contributed by atoms with van der Waals surface area (Å²) in [6, 6.07) is 0.308. The highest BCUT2D eigenvalue weighted by Gasteiger charge is 2.31. The van der Waals surface area contributed by atoms with Crippen LogP contribution < -0.4 is 10.1 Å². The van der Waals surface area contributed by atoms with Crippen LogP contribution in [0.5, 0.6) is 5.75 Å². The zero-order valence-corrected chi connectivity index (χ0v) is 13.7. The Morgan fingerprint density at radius 3 is 2.95 bits per heavy atom.